The second kappa shape index (κ2) is 3.95. The van der Waals surface area contributed by atoms with Crippen LogP contribution in [0.5, 0.6) is 0 Å². The second-order valence-corrected chi connectivity index (χ2v) is 8.02. The first kappa shape index (κ1) is 13.5. The molecule has 0 radical (unpaired) electrons. The predicted molar refractivity (Wildman–Crippen MR) is 60.2 cm³/mol. The number of rotatable bonds is 2. The molecular weight excluding hydrogens is 205 g/mol. The molecular formula is C8H20NO2PS. The van der Waals surface area contributed by atoms with Gasteiger partial charge in [0.25, 0.3) is 6.64 Å². The van der Waals surface area contributed by atoms with Crippen LogP contribution in [0.25, 0.3) is 0 Å². The second-order valence-electron chi connectivity index (χ2n) is 5.09. The van der Waals surface area contributed by atoms with Crippen LogP contribution >= 0.6 is 6.64 Å². The van der Waals surface area contributed by atoms with E-state index in [-0.39, 0.29) is 5.54 Å². The minimum atomic E-state index is -2.85. The normalized spacial score (nSPS) is 18.4. The van der Waals surface area contributed by atoms with Crippen molar-refractivity contribution in [1.29, 1.82) is 0 Å². The molecule has 0 aliphatic carbocycles. The summed E-state index contributed by atoms with van der Waals surface area (Å²) in [5.74, 6) is 0. The Kier molecular flexibility index (Phi) is 4.11. The first-order valence-electron chi connectivity index (χ1n) is 4.24. The van der Waals surface area contributed by atoms with E-state index in [1.54, 1.807) is 0 Å². The molecule has 3 nitrogen and oxygen atoms in total. The van der Waals surface area contributed by atoms with Gasteiger partial charge in [0.15, 0.2) is 0 Å². The third kappa shape index (κ3) is 8.85. The number of hydrogen-bond donors (Lipinski definition) is 2. The average Bonchev–Trinajstić information content (AvgIpc) is 1.43. The fraction of sp³-hybridized carbons (Fsp3) is 1.00. The maximum absolute atomic E-state index is 9.78. The number of nitrogens with one attached hydrogen (secondary N) is 1. The third-order valence-corrected chi connectivity index (χ3v) is 3.12. The molecule has 0 saturated carbocycles. The highest BCUT2D eigenvalue weighted by atomic mass is 32.5. The average molecular weight is 225 g/mol. The van der Waals surface area contributed by atoms with Gasteiger partial charge in [0.1, 0.15) is 0 Å². The molecule has 0 rings (SSSR count). The predicted octanol–water partition coefficient (Wildman–Crippen LogP) is 2.41. The van der Waals surface area contributed by atoms with Crippen molar-refractivity contribution >= 4 is 18.4 Å². The molecule has 0 aromatic rings. The molecule has 0 heterocycles. The van der Waals surface area contributed by atoms with Crippen molar-refractivity contribution in [2.45, 2.75) is 52.7 Å². The topological polar surface area (TPSA) is 41.5 Å². The van der Waals surface area contributed by atoms with Crippen molar-refractivity contribution in [3.05, 3.63) is 0 Å². The van der Waals surface area contributed by atoms with E-state index < -0.39 is 12.2 Å². The molecule has 0 bridgehead atoms. The summed E-state index contributed by atoms with van der Waals surface area (Å²) in [5.41, 5.74) is -0.641. The Bertz CT molecular complexity index is 197. The molecule has 0 amide bonds. The van der Waals surface area contributed by atoms with Gasteiger partial charge in [-0.3, -0.25) is 0 Å². The summed E-state index contributed by atoms with van der Waals surface area (Å²) in [6.07, 6.45) is 0. The van der Waals surface area contributed by atoms with Gasteiger partial charge >= 0.3 is 0 Å². The van der Waals surface area contributed by atoms with Crippen LogP contribution in [0.1, 0.15) is 41.5 Å². The smallest absolute Gasteiger partial charge is 0.259 e. The molecule has 2 N–H and O–H groups in total. The Labute approximate surface area is 86.1 Å². The van der Waals surface area contributed by atoms with Crippen molar-refractivity contribution in [3.63, 3.8) is 0 Å². The highest BCUT2D eigenvalue weighted by molar-refractivity contribution is 8.08. The molecule has 5 heteroatoms. The van der Waals surface area contributed by atoms with Crippen LogP contribution < -0.4 is 5.09 Å². The van der Waals surface area contributed by atoms with E-state index in [1.165, 1.54) is 0 Å². The largest absolute Gasteiger partial charge is 0.334 e. The summed E-state index contributed by atoms with van der Waals surface area (Å²) in [4.78, 5) is 9.78. The van der Waals surface area contributed by atoms with Crippen molar-refractivity contribution in [2.75, 3.05) is 0 Å². The zero-order valence-electron chi connectivity index (χ0n) is 9.21. The Morgan fingerprint density at radius 1 is 1.15 bits per heavy atom. The minimum absolute atomic E-state index is 0.227. The lowest BCUT2D eigenvalue weighted by Gasteiger charge is -2.31. The van der Waals surface area contributed by atoms with E-state index in [4.69, 9.17) is 16.3 Å². The van der Waals surface area contributed by atoms with Gasteiger partial charge in [-0.05, 0) is 53.3 Å². The van der Waals surface area contributed by atoms with Crippen LogP contribution in [0.4, 0.5) is 0 Å². The summed E-state index contributed by atoms with van der Waals surface area (Å²) in [6, 6.07) is 0. The summed E-state index contributed by atoms with van der Waals surface area (Å²) >= 11 is 4.97. The van der Waals surface area contributed by atoms with Crippen LogP contribution in [0.15, 0.2) is 0 Å². The van der Waals surface area contributed by atoms with Crippen molar-refractivity contribution in [2.24, 2.45) is 0 Å². The van der Waals surface area contributed by atoms with Gasteiger partial charge in [-0.2, -0.15) is 0 Å². The van der Waals surface area contributed by atoms with Crippen LogP contribution in [-0.4, -0.2) is 16.0 Å². The van der Waals surface area contributed by atoms with Crippen LogP contribution in [0.2, 0.25) is 0 Å². The first-order valence-corrected chi connectivity index (χ1v) is 6.92. The van der Waals surface area contributed by atoms with Crippen molar-refractivity contribution in [1.82, 2.24) is 5.09 Å². The SMILES string of the molecule is CC(C)(C)NP(O)(=S)OC(C)(C)C. The monoisotopic (exact) mass is 225 g/mol. The Morgan fingerprint density at radius 2 is 1.54 bits per heavy atom. The standard InChI is InChI=1S/C8H20NO2PS/c1-7(2,3)9-12(10,13)11-8(4,5)6/h1-6H3,(H2,9,10,13). The van der Waals surface area contributed by atoms with Crippen LogP contribution in [0, 0.1) is 0 Å². The fourth-order valence-electron chi connectivity index (χ4n) is 0.818. The van der Waals surface area contributed by atoms with Crippen LogP contribution in [0.3, 0.4) is 0 Å². The summed E-state index contributed by atoms with van der Waals surface area (Å²) in [7, 11) is 0. The third-order valence-electron chi connectivity index (χ3n) is 0.874. The van der Waals surface area contributed by atoms with E-state index in [9.17, 15) is 4.89 Å². The van der Waals surface area contributed by atoms with E-state index >= 15 is 0 Å². The molecule has 0 aromatic carbocycles. The first-order chi connectivity index (χ1) is 5.41. The lowest BCUT2D eigenvalue weighted by atomic mass is 10.1. The van der Waals surface area contributed by atoms with E-state index in [1.807, 2.05) is 41.5 Å². The molecule has 13 heavy (non-hydrogen) atoms. The highest BCUT2D eigenvalue weighted by Gasteiger charge is 2.27. The fourth-order valence-corrected chi connectivity index (χ4v) is 3.95. The Hall–Kier alpha value is 0.530. The molecule has 0 aliphatic heterocycles. The number of hydrogen-bond acceptors (Lipinski definition) is 2. The van der Waals surface area contributed by atoms with Gasteiger partial charge in [0.2, 0.25) is 0 Å². The quantitative estimate of drug-likeness (QED) is 0.708. The minimum Gasteiger partial charge on any atom is -0.334 e. The van der Waals surface area contributed by atoms with E-state index in [0.29, 0.717) is 0 Å². The molecule has 0 aromatic heterocycles. The molecule has 80 valence electrons. The van der Waals surface area contributed by atoms with E-state index in [2.05, 4.69) is 5.09 Å². The molecule has 0 fully saturated rings. The van der Waals surface area contributed by atoms with Gasteiger partial charge in [0.05, 0.1) is 5.60 Å². The zero-order valence-corrected chi connectivity index (χ0v) is 10.9. The molecule has 0 saturated heterocycles. The van der Waals surface area contributed by atoms with Gasteiger partial charge in [-0.15, -0.1) is 0 Å². The Balaban J connectivity index is 4.35. The van der Waals surface area contributed by atoms with Gasteiger partial charge in [0, 0.05) is 5.54 Å². The molecule has 0 spiro atoms. The maximum Gasteiger partial charge on any atom is 0.259 e. The van der Waals surface area contributed by atoms with E-state index in [0.717, 1.165) is 0 Å². The maximum atomic E-state index is 9.78. The lowest BCUT2D eigenvalue weighted by molar-refractivity contribution is 0.125. The van der Waals surface area contributed by atoms with Crippen molar-refractivity contribution in [3.8, 4) is 0 Å². The summed E-state index contributed by atoms with van der Waals surface area (Å²) in [5, 5.41) is 2.91. The Morgan fingerprint density at radius 3 is 1.77 bits per heavy atom. The van der Waals surface area contributed by atoms with Gasteiger partial charge < -0.3 is 9.42 Å². The molecule has 1 unspecified atom stereocenters. The highest BCUT2D eigenvalue weighted by Crippen LogP contribution is 2.43. The lowest BCUT2D eigenvalue weighted by Crippen LogP contribution is -2.35. The van der Waals surface area contributed by atoms with Gasteiger partial charge in [-0.1, -0.05) is 0 Å². The summed E-state index contributed by atoms with van der Waals surface area (Å²) in [6.45, 7) is 8.58. The summed E-state index contributed by atoms with van der Waals surface area (Å²) < 4.78 is 5.37. The van der Waals surface area contributed by atoms with Crippen molar-refractivity contribution < 1.29 is 9.42 Å². The zero-order chi connectivity index (χ0) is 10.9. The van der Waals surface area contributed by atoms with Crippen LogP contribution in [-0.2, 0) is 16.3 Å². The van der Waals surface area contributed by atoms with Gasteiger partial charge in [-0.25, -0.2) is 5.09 Å². The molecule has 0 aliphatic rings. The molecule has 1 atom stereocenters.